The van der Waals surface area contributed by atoms with Crippen LogP contribution in [-0.4, -0.2) is 18.3 Å². The van der Waals surface area contributed by atoms with Crippen molar-refractivity contribution in [3.63, 3.8) is 0 Å². The number of hydrogen-bond acceptors (Lipinski definition) is 2. The van der Waals surface area contributed by atoms with Crippen molar-refractivity contribution in [3.8, 4) is 44.5 Å². The molecule has 0 amide bonds. The van der Waals surface area contributed by atoms with Gasteiger partial charge in [-0.2, -0.15) is 0 Å². The van der Waals surface area contributed by atoms with Crippen molar-refractivity contribution in [3.05, 3.63) is 152 Å². The number of benzene rings is 7. The van der Waals surface area contributed by atoms with Crippen molar-refractivity contribution < 1.29 is 9.31 Å². The fourth-order valence-corrected chi connectivity index (χ4v) is 6.91. The highest BCUT2D eigenvalue weighted by molar-refractivity contribution is 6.62. The molecule has 0 saturated carbocycles. The van der Waals surface area contributed by atoms with Crippen molar-refractivity contribution in [2.45, 2.75) is 38.9 Å². The molecule has 8 rings (SSSR count). The summed E-state index contributed by atoms with van der Waals surface area (Å²) in [5.74, 6) is 0. The van der Waals surface area contributed by atoms with Gasteiger partial charge in [-0.05, 0) is 111 Å². The molecule has 47 heavy (non-hydrogen) atoms. The average Bonchev–Trinajstić information content (AvgIpc) is 3.33. The van der Waals surface area contributed by atoms with Crippen molar-refractivity contribution in [2.75, 3.05) is 0 Å². The molecule has 7 aromatic rings. The molecule has 2 nitrogen and oxygen atoms in total. The minimum Gasteiger partial charge on any atom is -0.399 e. The lowest BCUT2D eigenvalue weighted by Crippen LogP contribution is -2.41. The number of fused-ring (bicyclic) bond motifs is 2. The normalized spacial score (nSPS) is 15.4. The van der Waals surface area contributed by atoms with Gasteiger partial charge in [0.05, 0.1) is 11.2 Å². The molecule has 0 bridgehead atoms. The molecule has 0 N–H and O–H groups in total. The van der Waals surface area contributed by atoms with Gasteiger partial charge in [0.2, 0.25) is 0 Å². The lowest BCUT2D eigenvalue weighted by molar-refractivity contribution is 0.00578. The second kappa shape index (κ2) is 11.4. The molecular weight excluding hydrogens is 571 g/mol. The van der Waals surface area contributed by atoms with E-state index in [-0.39, 0.29) is 0 Å². The smallest absolute Gasteiger partial charge is 0.399 e. The Balaban J connectivity index is 1.41. The Morgan fingerprint density at radius 2 is 0.766 bits per heavy atom. The zero-order valence-corrected chi connectivity index (χ0v) is 27.3. The molecule has 1 fully saturated rings. The van der Waals surface area contributed by atoms with E-state index in [1.54, 1.807) is 0 Å². The summed E-state index contributed by atoms with van der Waals surface area (Å²) >= 11 is 0. The predicted molar refractivity (Wildman–Crippen MR) is 199 cm³/mol. The fourth-order valence-electron chi connectivity index (χ4n) is 6.91. The minimum atomic E-state index is -0.454. The van der Waals surface area contributed by atoms with Gasteiger partial charge in [-0.15, -0.1) is 0 Å². The largest absolute Gasteiger partial charge is 0.494 e. The molecule has 1 aliphatic rings. The molecule has 0 radical (unpaired) electrons. The maximum absolute atomic E-state index is 6.57. The van der Waals surface area contributed by atoms with Crippen LogP contribution >= 0.6 is 0 Å². The van der Waals surface area contributed by atoms with Crippen LogP contribution in [-0.2, 0) is 9.31 Å². The fraction of sp³-hybridized carbons (Fsp3) is 0.136. The third-order valence-electron chi connectivity index (χ3n) is 10.1. The van der Waals surface area contributed by atoms with Crippen LogP contribution in [0.4, 0.5) is 0 Å². The zero-order valence-electron chi connectivity index (χ0n) is 27.3. The Morgan fingerprint density at radius 1 is 0.362 bits per heavy atom. The van der Waals surface area contributed by atoms with E-state index in [1.165, 1.54) is 66.1 Å². The summed E-state index contributed by atoms with van der Waals surface area (Å²) in [7, 11) is -0.454. The van der Waals surface area contributed by atoms with E-state index in [2.05, 4.69) is 179 Å². The Hall–Kier alpha value is -4.96. The Bertz CT molecular complexity index is 2240. The van der Waals surface area contributed by atoms with E-state index in [9.17, 15) is 0 Å². The first-order valence-corrected chi connectivity index (χ1v) is 16.4. The lowest BCUT2D eigenvalue weighted by atomic mass is 9.76. The van der Waals surface area contributed by atoms with E-state index in [0.29, 0.717) is 0 Å². The van der Waals surface area contributed by atoms with Crippen LogP contribution in [0.2, 0.25) is 0 Å². The summed E-state index contributed by atoms with van der Waals surface area (Å²) in [6, 6.07) is 54.7. The van der Waals surface area contributed by atoms with Gasteiger partial charge in [0.1, 0.15) is 0 Å². The topological polar surface area (TPSA) is 18.5 Å². The van der Waals surface area contributed by atoms with Crippen LogP contribution in [0.1, 0.15) is 27.7 Å². The molecule has 3 heteroatoms. The zero-order chi connectivity index (χ0) is 32.2. The van der Waals surface area contributed by atoms with Crippen molar-refractivity contribution >= 4 is 34.1 Å². The molecule has 1 heterocycles. The third-order valence-corrected chi connectivity index (χ3v) is 10.1. The second-order valence-electron chi connectivity index (χ2n) is 13.6. The molecule has 1 aliphatic heterocycles. The molecule has 0 unspecified atom stereocenters. The van der Waals surface area contributed by atoms with Gasteiger partial charge >= 0.3 is 7.12 Å². The molecule has 7 aromatic carbocycles. The van der Waals surface area contributed by atoms with Crippen molar-refractivity contribution in [2.24, 2.45) is 0 Å². The standard InChI is InChI=1S/C44H37BO2/c1-43(2)44(3,4)47-45(46-43)36-25-26-39-40(29-36)42(35-22-14-20-33(28-35)31-17-9-6-10-18-31)38-24-12-11-23-37(38)41(39)34-21-13-19-32(27-34)30-15-7-5-8-16-30/h5-29H,1-4H3. The number of rotatable bonds is 5. The SMILES string of the molecule is CC1(C)OB(c2ccc3c(-c4cccc(-c5ccccc5)c4)c4ccccc4c(-c4cccc(-c5ccccc5)c4)c3c2)OC1(C)C. The van der Waals surface area contributed by atoms with Gasteiger partial charge in [0.25, 0.3) is 0 Å². The molecule has 1 saturated heterocycles. The predicted octanol–water partition coefficient (Wildman–Crippen LogP) is 11.0. The quantitative estimate of drug-likeness (QED) is 0.143. The van der Waals surface area contributed by atoms with Crippen LogP contribution in [0.15, 0.2) is 152 Å². The maximum Gasteiger partial charge on any atom is 0.494 e. The van der Waals surface area contributed by atoms with Crippen LogP contribution in [0.5, 0.6) is 0 Å². The van der Waals surface area contributed by atoms with Gasteiger partial charge in [-0.25, -0.2) is 0 Å². The van der Waals surface area contributed by atoms with Crippen LogP contribution in [0.25, 0.3) is 66.1 Å². The van der Waals surface area contributed by atoms with Gasteiger partial charge in [-0.3, -0.25) is 0 Å². The highest BCUT2D eigenvalue weighted by Crippen LogP contribution is 2.45. The summed E-state index contributed by atoms with van der Waals surface area (Å²) in [4.78, 5) is 0. The van der Waals surface area contributed by atoms with Crippen LogP contribution in [0, 0.1) is 0 Å². The number of hydrogen-bond donors (Lipinski definition) is 0. The first-order chi connectivity index (χ1) is 22.8. The van der Waals surface area contributed by atoms with Crippen molar-refractivity contribution in [1.82, 2.24) is 0 Å². The van der Waals surface area contributed by atoms with Crippen molar-refractivity contribution in [1.29, 1.82) is 0 Å². The molecular formula is C44H37BO2. The molecule has 0 aliphatic carbocycles. The summed E-state index contributed by atoms with van der Waals surface area (Å²) in [6.07, 6.45) is 0. The Morgan fingerprint density at radius 3 is 1.28 bits per heavy atom. The average molecular weight is 609 g/mol. The maximum atomic E-state index is 6.57. The van der Waals surface area contributed by atoms with Gasteiger partial charge in [-0.1, -0.05) is 140 Å². The first kappa shape index (κ1) is 29.4. The molecule has 228 valence electrons. The molecule has 0 aromatic heterocycles. The molecule has 0 spiro atoms. The highest BCUT2D eigenvalue weighted by Gasteiger charge is 2.51. The minimum absolute atomic E-state index is 0.425. The Labute approximate surface area is 277 Å². The summed E-state index contributed by atoms with van der Waals surface area (Å²) in [5, 5.41) is 4.83. The summed E-state index contributed by atoms with van der Waals surface area (Å²) in [6.45, 7) is 8.44. The van der Waals surface area contributed by atoms with E-state index >= 15 is 0 Å². The van der Waals surface area contributed by atoms with E-state index in [4.69, 9.17) is 9.31 Å². The molecule has 0 atom stereocenters. The van der Waals surface area contributed by atoms with Crippen LogP contribution < -0.4 is 5.46 Å². The Kier molecular flexibility index (Phi) is 7.13. The summed E-state index contributed by atoms with van der Waals surface area (Å²) in [5.41, 5.74) is 9.82. The first-order valence-electron chi connectivity index (χ1n) is 16.4. The highest BCUT2D eigenvalue weighted by atomic mass is 16.7. The second-order valence-corrected chi connectivity index (χ2v) is 13.6. The van der Waals surface area contributed by atoms with Crippen LogP contribution in [0.3, 0.4) is 0 Å². The van der Waals surface area contributed by atoms with Gasteiger partial charge in [0.15, 0.2) is 0 Å². The third kappa shape index (κ3) is 5.17. The lowest BCUT2D eigenvalue weighted by Gasteiger charge is -2.32. The van der Waals surface area contributed by atoms with Gasteiger partial charge < -0.3 is 9.31 Å². The van der Waals surface area contributed by atoms with E-state index in [0.717, 1.165) is 5.46 Å². The monoisotopic (exact) mass is 608 g/mol. The van der Waals surface area contributed by atoms with Gasteiger partial charge in [0, 0.05) is 0 Å². The van der Waals surface area contributed by atoms with E-state index in [1.807, 2.05) is 0 Å². The van der Waals surface area contributed by atoms with E-state index < -0.39 is 18.3 Å². The summed E-state index contributed by atoms with van der Waals surface area (Å²) < 4.78 is 13.1.